The van der Waals surface area contributed by atoms with Gasteiger partial charge in [0.25, 0.3) is 0 Å². The molecule has 0 saturated heterocycles. The highest BCUT2D eigenvalue weighted by Gasteiger charge is 2.10. The third-order valence-electron chi connectivity index (χ3n) is 3.34. The molecule has 1 atom stereocenters. The zero-order valence-electron chi connectivity index (χ0n) is 11.6. The Kier molecular flexibility index (Phi) is 5.98. The van der Waals surface area contributed by atoms with Gasteiger partial charge < -0.3 is 5.32 Å². The summed E-state index contributed by atoms with van der Waals surface area (Å²) in [6, 6.07) is 15.5. The summed E-state index contributed by atoms with van der Waals surface area (Å²) in [6.07, 6.45) is 1.90. The fourth-order valence-corrected chi connectivity index (χ4v) is 2.82. The van der Waals surface area contributed by atoms with Gasteiger partial charge in [-0.05, 0) is 90.3 Å². The van der Waals surface area contributed by atoms with Crippen molar-refractivity contribution in [2.75, 3.05) is 13.6 Å². The number of hydrogen-bond acceptors (Lipinski definition) is 1. The third-order valence-corrected chi connectivity index (χ3v) is 4.06. The van der Waals surface area contributed by atoms with Gasteiger partial charge in [-0.3, -0.25) is 0 Å². The highest BCUT2D eigenvalue weighted by atomic mass is 127. The van der Waals surface area contributed by atoms with E-state index in [-0.39, 0.29) is 5.82 Å². The molecule has 0 aromatic heterocycles. The molecule has 2 aromatic carbocycles. The van der Waals surface area contributed by atoms with Crippen LogP contribution in [0.2, 0.25) is 0 Å². The highest BCUT2D eigenvalue weighted by molar-refractivity contribution is 14.1. The Morgan fingerprint density at radius 3 is 2.40 bits per heavy atom. The third kappa shape index (κ3) is 4.87. The molecule has 1 nitrogen and oxygen atoms in total. The first-order valence-corrected chi connectivity index (χ1v) is 7.88. The van der Waals surface area contributed by atoms with Crippen LogP contribution in [0.5, 0.6) is 0 Å². The number of benzene rings is 2. The minimum Gasteiger partial charge on any atom is -0.319 e. The van der Waals surface area contributed by atoms with E-state index in [0.717, 1.165) is 24.9 Å². The highest BCUT2D eigenvalue weighted by Crippen LogP contribution is 2.16. The van der Waals surface area contributed by atoms with Crippen LogP contribution in [-0.2, 0) is 12.8 Å². The van der Waals surface area contributed by atoms with Crippen LogP contribution in [-0.4, -0.2) is 13.6 Å². The van der Waals surface area contributed by atoms with Crippen LogP contribution < -0.4 is 5.32 Å². The number of nitrogens with one attached hydrogen (secondary N) is 1. The Morgan fingerprint density at radius 1 is 1.05 bits per heavy atom. The summed E-state index contributed by atoms with van der Waals surface area (Å²) < 4.78 is 14.5. The van der Waals surface area contributed by atoms with Crippen molar-refractivity contribution in [2.24, 2.45) is 5.92 Å². The molecule has 0 aliphatic heterocycles. The lowest BCUT2D eigenvalue weighted by Gasteiger charge is -2.17. The summed E-state index contributed by atoms with van der Waals surface area (Å²) in [6.45, 7) is 0.933. The summed E-state index contributed by atoms with van der Waals surface area (Å²) in [5.74, 6) is 0.321. The van der Waals surface area contributed by atoms with E-state index in [1.807, 2.05) is 13.1 Å². The molecular formula is C17H19FIN. The fraction of sp³-hybridized carbons (Fsp3) is 0.294. The molecular weight excluding hydrogens is 364 g/mol. The molecule has 0 amide bonds. The van der Waals surface area contributed by atoms with Crippen molar-refractivity contribution in [1.82, 2.24) is 5.32 Å². The SMILES string of the molecule is CNCC(Cc1ccc(I)cc1)Cc1cccc(F)c1. The van der Waals surface area contributed by atoms with Gasteiger partial charge in [0.2, 0.25) is 0 Å². The van der Waals surface area contributed by atoms with Gasteiger partial charge in [0.1, 0.15) is 5.82 Å². The van der Waals surface area contributed by atoms with Gasteiger partial charge in [-0.25, -0.2) is 4.39 Å². The molecule has 0 bridgehead atoms. The lowest BCUT2D eigenvalue weighted by Crippen LogP contribution is -2.22. The molecule has 0 fully saturated rings. The van der Waals surface area contributed by atoms with E-state index in [9.17, 15) is 4.39 Å². The second-order valence-electron chi connectivity index (χ2n) is 5.09. The molecule has 0 aliphatic carbocycles. The smallest absolute Gasteiger partial charge is 0.123 e. The van der Waals surface area contributed by atoms with Gasteiger partial charge in [0.05, 0.1) is 0 Å². The molecule has 0 saturated carbocycles. The average molecular weight is 383 g/mol. The largest absolute Gasteiger partial charge is 0.319 e. The van der Waals surface area contributed by atoms with E-state index in [1.54, 1.807) is 12.1 Å². The van der Waals surface area contributed by atoms with Crippen molar-refractivity contribution in [1.29, 1.82) is 0 Å². The zero-order chi connectivity index (χ0) is 14.4. The van der Waals surface area contributed by atoms with Crippen molar-refractivity contribution in [3.63, 3.8) is 0 Å². The minimum absolute atomic E-state index is 0.153. The lowest BCUT2D eigenvalue weighted by molar-refractivity contribution is 0.491. The molecule has 106 valence electrons. The molecule has 0 spiro atoms. The first-order valence-electron chi connectivity index (χ1n) is 6.81. The van der Waals surface area contributed by atoms with Crippen LogP contribution in [0.15, 0.2) is 48.5 Å². The normalized spacial score (nSPS) is 12.3. The van der Waals surface area contributed by atoms with Gasteiger partial charge >= 0.3 is 0 Å². The molecule has 2 rings (SSSR count). The molecule has 20 heavy (non-hydrogen) atoms. The summed E-state index contributed by atoms with van der Waals surface area (Å²) in [7, 11) is 1.96. The van der Waals surface area contributed by atoms with Crippen LogP contribution in [0.1, 0.15) is 11.1 Å². The van der Waals surface area contributed by atoms with Crippen molar-refractivity contribution in [3.8, 4) is 0 Å². The quantitative estimate of drug-likeness (QED) is 0.743. The Bertz CT molecular complexity index is 539. The zero-order valence-corrected chi connectivity index (χ0v) is 13.7. The van der Waals surface area contributed by atoms with Crippen molar-refractivity contribution < 1.29 is 4.39 Å². The Hall–Kier alpha value is -0.940. The maximum Gasteiger partial charge on any atom is 0.123 e. The minimum atomic E-state index is -0.153. The van der Waals surface area contributed by atoms with Gasteiger partial charge in [-0.1, -0.05) is 24.3 Å². The number of hydrogen-bond donors (Lipinski definition) is 1. The van der Waals surface area contributed by atoms with Crippen molar-refractivity contribution >= 4 is 22.6 Å². The number of halogens is 2. The summed E-state index contributed by atoms with van der Waals surface area (Å²) in [5.41, 5.74) is 2.40. The monoisotopic (exact) mass is 383 g/mol. The fourth-order valence-electron chi connectivity index (χ4n) is 2.46. The van der Waals surface area contributed by atoms with Gasteiger partial charge in [0, 0.05) is 3.57 Å². The Balaban J connectivity index is 2.05. The Morgan fingerprint density at radius 2 is 1.75 bits per heavy atom. The van der Waals surface area contributed by atoms with Gasteiger partial charge in [-0.2, -0.15) is 0 Å². The van der Waals surface area contributed by atoms with Crippen molar-refractivity contribution in [2.45, 2.75) is 12.8 Å². The number of rotatable bonds is 6. The predicted molar refractivity (Wildman–Crippen MR) is 90.4 cm³/mol. The molecule has 3 heteroatoms. The summed E-state index contributed by atoms with van der Waals surface area (Å²) >= 11 is 2.32. The van der Waals surface area contributed by atoms with E-state index in [0.29, 0.717) is 5.92 Å². The van der Waals surface area contributed by atoms with E-state index in [1.165, 1.54) is 15.2 Å². The average Bonchev–Trinajstić information content (AvgIpc) is 2.42. The predicted octanol–water partition coefficient (Wildman–Crippen LogP) is 4.05. The molecule has 1 N–H and O–H groups in total. The van der Waals surface area contributed by atoms with Crippen LogP contribution in [0, 0.1) is 15.3 Å². The van der Waals surface area contributed by atoms with E-state index >= 15 is 0 Å². The summed E-state index contributed by atoms with van der Waals surface area (Å²) in [5, 5.41) is 3.24. The van der Waals surface area contributed by atoms with Gasteiger partial charge in [-0.15, -0.1) is 0 Å². The topological polar surface area (TPSA) is 12.0 Å². The molecule has 1 unspecified atom stereocenters. The maximum absolute atomic E-state index is 13.3. The maximum atomic E-state index is 13.3. The second-order valence-corrected chi connectivity index (χ2v) is 6.33. The molecule has 0 aliphatic rings. The molecule has 0 radical (unpaired) electrons. The van der Waals surface area contributed by atoms with E-state index < -0.39 is 0 Å². The van der Waals surface area contributed by atoms with Crippen LogP contribution in [0.25, 0.3) is 0 Å². The second kappa shape index (κ2) is 7.74. The van der Waals surface area contributed by atoms with Crippen molar-refractivity contribution in [3.05, 3.63) is 69.0 Å². The molecule has 2 aromatic rings. The van der Waals surface area contributed by atoms with Crippen LogP contribution in [0.4, 0.5) is 4.39 Å². The molecule has 0 heterocycles. The Labute approximate surface area is 133 Å². The first-order chi connectivity index (χ1) is 9.67. The lowest BCUT2D eigenvalue weighted by atomic mass is 9.92. The van der Waals surface area contributed by atoms with E-state index in [2.05, 4.69) is 52.2 Å². The first kappa shape index (κ1) is 15.4. The van der Waals surface area contributed by atoms with E-state index in [4.69, 9.17) is 0 Å². The van der Waals surface area contributed by atoms with Crippen LogP contribution in [0.3, 0.4) is 0 Å². The van der Waals surface area contributed by atoms with Gasteiger partial charge in [0.15, 0.2) is 0 Å². The summed E-state index contributed by atoms with van der Waals surface area (Å²) in [4.78, 5) is 0. The van der Waals surface area contributed by atoms with Crippen LogP contribution >= 0.6 is 22.6 Å². The standard InChI is InChI=1S/C17H19FIN/c1-20-12-15(9-13-5-7-17(19)8-6-13)10-14-3-2-4-16(18)11-14/h2-8,11,15,20H,9-10,12H2,1H3.